The number of non-ortho nitro benzene ring substituents is 1. The van der Waals surface area contributed by atoms with Crippen molar-refractivity contribution in [1.29, 1.82) is 0 Å². The van der Waals surface area contributed by atoms with Gasteiger partial charge in [0.05, 0.1) is 11.5 Å². The molecule has 2 rings (SSSR count). The topological polar surface area (TPSA) is 123 Å². The lowest BCUT2D eigenvalue weighted by Crippen LogP contribution is -2.48. The van der Waals surface area contributed by atoms with Crippen LogP contribution in [-0.4, -0.2) is 28.5 Å². The number of nitro groups is 1. The molecule has 2 aromatic rings. The first-order valence-corrected chi connectivity index (χ1v) is 9.72. The molecule has 0 aromatic heterocycles. The minimum absolute atomic E-state index is 0.0815. The Hall–Kier alpha value is -3.79. The van der Waals surface area contributed by atoms with Crippen LogP contribution in [0, 0.1) is 16.0 Å². The van der Waals surface area contributed by atoms with Gasteiger partial charge in [0.15, 0.2) is 5.11 Å². The molecule has 0 heterocycles. The number of rotatable bonds is 7. The Bertz CT molecular complexity index is 990. The van der Waals surface area contributed by atoms with Crippen LogP contribution in [0.15, 0.2) is 54.6 Å². The quantitative estimate of drug-likeness (QED) is 0.261. The second kappa shape index (κ2) is 11.4. The Kier molecular flexibility index (Phi) is 8.64. The molecule has 3 N–H and O–H groups in total. The highest BCUT2D eigenvalue weighted by Gasteiger charge is 2.08. The summed E-state index contributed by atoms with van der Waals surface area (Å²) in [6.07, 6.45) is 2.58. The standard InChI is InChI=1S/C21H22N4O5S/c1-14(2)13-30-18-9-7-16(8-10-18)20(27)23-24-21(31)22-19(26)11-6-15-4-3-5-17(12-15)25(28)29/h3-12,14H,13H2,1-2H3,(H,23,27)(H2,22,24,26,31)/b11-6+. The summed E-state index contributed by atoms with van der Waals surface area (Å²) in [5, 5.41) is 13.0. The first kappa shape index (κ1) is 23.5. The molecule has 2 amide bonds. The van der Waals surface area contributed by atoms with Gasteiger partial charge in [0.2, 0.25) is 5.91 Å². The van der Waals surface area contributed by atoms with E-state index in [-0.39, 0.29) is 10.8 Å². The Morgan fingerprint density at radius 3 is 2.52 bits per heavy atom. The molecule has 0 bridgehead atoms. The number of hydrogen-bond acceptors (Lipinski definition) is 6. The molecule has 0 aliphatic rings. The molecule has 0 aliphatic heterocycles. The molecule has 0 atom stereocenters. The SMILES string of the molecule is CC(C)COc1ccc(C(=O)NNC(=S)NC(=O)/C=C/c2cccc([N+](=O)[O-])c2)cc1. The first-order valence-electron chi connectivity index (χ1n) is 9.31. The Morgan fingerprint density at radius 1 is 1.16 bits per heavy atom. The number of nitro benzene ring substituents is 1. The summed E-state index contributed by atoms with van der Waals surface area (Å²) in [7, 11) is 0. The fourth-order valence-electron chi connectivity index (χ4n) is 2.25. The van der Waals surface area contributed by atoms with Crippen molar-refractivity contribution in [2.45, 2.75) is 13.8 Å². The molecule has 2 aromatic carbocycles. The van der Waals surface area contributed by atoms with Crippen LogP contribution >= 0.6 is 12.2 Å². The van der Waals surface area contributed by atoms with Gasteiger partial charge in [0.25, 0.3) is 11.6 Å². The van der Waals surface area contributed by atoms with Crippen LogP contribution in [0.5, 0.6) is 5.75 Å². The molecule has 0 unspecified atom stereocenters. The molecule has 0 radical (unpaired) electrons. The zero-order chi connectivity index (χ0) is 22.8. The van der Waals surface area contributed by atoms with Crippen molar-refractivity contribution in [1.82, 2.24) is 16.2 Å². The molecule has 0 saturated heterocycles. The molecular formula is C21H22N4O5S. The molecule has 0 fully saturated rings. The monoisotopic (exact) mass is 442 g/mol. The predicted octanol–water partition coefficient (Wildman–Crippen LogP) is 2.98. The van der Waals surface area contributed by atoms with Crippen molar-refractivity contribution in [3.05, 3.63) is 75.8 Å². The lowest BCUT2D eigenvalue weighted by molar-refractivity contribution is -0.384. The van der Waals surface area contributed by atoms with Crippen LogP contribution in [0.1, 0.15) is 29.8 Å². The van der Waals surface area contributed by atoms with Crippen molar-refractivity contribution < 1.29 is 19.2 Å². The van der Waals surface area contributed by atoms with Crippen LogP contribution in [0.3, 0.4) is 0 Å². The number of ether oxygens (including phenoxy) is 1. The van der Waals surface area contributed by atoms with Crippen LogP contribution in [0.2, 0.25) is 0 Å². The normalized spacial score (nSPS) is 10.5. The minimum Gasteiger partial charge on any atom is -0.493 e. The highest BCUT2D eigenvalue weighted by atomic mass is 32.1. The van der Waals surface area contributed by atoms with E-state index in [0.717, 1.165) is 0 Å². The van der Waals surface area contributed by atoms with E-state index in [9.17, 15) is 19.7 Å². The number of carbonyl (C=O) groups is 2. The van der Waals surface area contributed by atoms with Gasteiger partial charge in [-0.15, -0.1) is 0 Å². The number of hydrogen-bond donors (Lipinski definition) is 3. The van der Waals surface area contributed by atoms with E-state index >= 15 is 0 Å². The van der Waals surface area contributed by atoms with Crippen LogP contribution in [-0.2, 0) is 4.79 Å². The van der Waals surface area contributed by atoms with E-state index < -0.39 is 16.7 Å². The predicted molar refractivity (Wildman–Crippen MR) is 120 cm³/mol. The summed E-state index contributed by atoms with van der Waals surface area (Å²) in [6.45, 7) is 4.66. The van der Waals surface area contributed by atoms with Crippen molar-refractivity contribution in [2.24, 2.45) is 5.92 Å². The van der Waals surface area contributed by atoms with E-state index in [0.29, 0.717) is 29.4 Å². The summed E-state index contributed by atoms with van der Waals surface area (Å²) in [5.41, 5.74) is 5.60. The van der Waals surface area contributed by atoms with E-state index in [1.807, 2.05) is 13.8 Å². The number of hydrazine groups is 1. The van der Waals surface area contributed by atoms with Crippen molar-refractivity contribution >= 4 is 40.9 Å². The van der Waals surface area contributed by atoms with Crippen molar-refractivity contribution in [3.8, 4) is 5.75 Å². The first-order chi connectivity index (χ1) is 14.7. The van der Waals surface area contributed by atoms with E-state index in [2.05, 4.69) is 16.2 Å². The second-order valence-corrected chi connectivity index (χ2v) is 7.22. The molecule has 10 heteroatoms. The third-order valence-electron chi connectivity index (χ3n) is 3.73. The number of benzene rings is 2. The highest BCUT2D eigenvalue weighted by molar-refractivity contribution is 7.80. The summed E-state index contributed by atoms with van der Waals surface area (Å²) in [5.74, 6) is 0.0463. The van der Waals surface area contributed by atoms with E-state index in [4.69, 9.17) is 17.0 Å². The zero-order valence-electron chi connectivity index (χ0n) is 17.0. The summed E-state index contributed by atoms with van der Waals surface area (Å²) in [4.78, 5) is 34.3. The lowest BCUT2D eigenvalue weighted by atomic mass is 10.2. The van der Waals surface area contributed by atoms with Crippen molar-refractivity contribution in [2.75, 3.05) is 6.61 Å². The van der Waals surface area contributed by atoms with Gasteiger partial charge in [-0.3, -0.25) is 35.9 Å². The smallest absolute Gasteiger partial charge is 0.270 e. The van der Waals surface area contributed by atoms with Crippen LogP contribution in [0.25, 0.3) is 6.08 Å². The van der Waals surface area contributed by atoms with Gasteiger partial charge < -0.3 is 4.74 Å². The van der Waals surface area contributed by atoms with Gasteiger partial charge in [-0.25, -0.2) is 0 Å². The summed E-state index contributed by atoms with van der Waals surface area (Å²) in [6, 6.07) is 12.4. The molecule has 0 spiro atoms. The number of nitrogens with one attached hydrogen (secondary N) is 3. The maximum absolute atomic E-state index is 12.2. The zero-order valence-corrected chi connectivity index (χ0v) is 17.8. The minimum atomic E-state index is -0.565. The Balaban J connectivity index is 1.80. The number of carbonyl (C=O) groups excluding carboxylic acids is 2. The van der Waals surface area contributed by atoms with Gasteiger partial charge in [-0.1, -0.05) is 26.0 Å². The van der Waals surface area contributed by atoms with Crippen LogP contribution in [0.4, 0.5) is 5.69 Å². The highest BCUT2D eigenvalue weighted by Crippen LogP contribution is 2.14. The largest absolute Gasteiger partial charge is 0.493 e. The molecule has 0 saturated carbocycles. The number of thiocarbonyl (C=S) groups is 1. The molecular weight excluding hydrogens is 420 g/mol. The van der Waals surface area contributed by atoms with Gasteiger partial charge in [-0.05, 0) is 54.0 Å². The summed E-state index contributed by atoms with van der Waals surface area (Å²) >= 11 is 4.96. The molecule has 162 valence electrons. The maximum atomic E-state index is 12.2. The fourth-order valence-corrected chi connectivity index (χ4v) is 2.40. The third-order valence-corrected chi connectivity index (χ3v) is 3.94. The van der Waals surface area contributed by atoms with E-state index in [1.54, 1.807) is 30.3 Å². The molecule has 9 nitrogen and oxygen atoms in total. The van der Waals surface area contributed by atoms with Gasteiger partial charge in [-0.2, -0.15) is 0 Å². The number of amides is 2. The van der Waals surface area contributed by atoms with E-state index in [1.165, 1.54) is 30.4 Å². The Morgan fingerprint density at radius 2 is 1.87 bits per heavy atom. The number of nitrogens with zero attached hydrogens (tertiary/aromatic N) is 1. The van der Waals surface area contributed by atoms with Gasteiger partial charge in [0.1, 0.15) is 5.75 Å². The van der Waals surface area contributed by atoms with Gasteiger partial charge >= 0.3 is 0 Å². The summed E-state index contributed by atoms with van der Waals surface area (Å²) < 4.78 is 5.56. The maximum Gasteiger partial charge on any atom is 0.270 e. The lowest BCUT2D eigenvalue weighted by Gasteiger charge is -2.11. The van der Waals surface area contributed by atoms with Gasteiger partial charge in [0, 0.05) is 23.8 Å². The Labute approximate surface area is 184 Å². The average molecular weight is 442 g/mol. The third kappa shape index (κ3) is 8.23. The molecule has 31 heavy (non-hydrogen) atoms. The van der Waals surface area contributed by atoms with Crippen molar-refractivity contribution in [3.63, 3.8) is 0 Å². The second-order valence-electron chi connectivity index (χ2n) is 6.81. The van der Waals surface area contributed by atoms with Crippen LogP contribution < -0.4 is 20.9 Å². The fraction of sp³-hybridized carbons (Fsp3) is 0.190. The molecule has 0 aliphatic carbocycles. The average Bonchev–Trinajstić information content (AvgIpc) is 2.75.